The number of carbonyl (C=O) groups is 2. The molecule has 1 aliphatic rings. The molecule has 1 aromatic heterocycles. The van der Waals surface area contributed by atoms with Crippen molar-refractivity contribution in [2.24, 2.45) is 12.9 Å². The molecule has 1 aliphatic heterocycles. The minimum atomic E-state index is -0.538. The van der Waals surface area contributed by atoms with Crippen molar-refractivity contribution in [2.75, 3.05) is 24.2 Å². The van der Waals surface area contributed by atoms with E-state index in [1.807, 2.05) is 30.7 Å². The quantitative estimate of drug-likeness (QED) is 0.327. The van der Waals surface area contributed by atoms with Crippen LogP contribution in [0, 0.1) is 5.82 Å². The summed E-state index contributed by atoms with van der Waals surface area (Å²) in [6, 6.07) is 9.83. The van der Waals surface area contributed by atoms with Crippen LogP contribution < -0.4 is 16.6 Å². The number of nitrogens with two attached hydrogens (primary N) is 1. The SMILES string of the molecule is Cn1ncc2c(NC(=O)N3CCSC(Cc4ccc(C(=O)NN)cc4F)C3)cccc21. The number of rotatable bonds is 4. The van der Waals surface area contributed by atoms with Gasteiger partial charge < -0.3 is 10.2 Å². The fourth-order valence-electron chi connectivity index (χ4n) is 3.69. The molecule has 1 saturated heterocycles. The van der Waals surface area contributed by atoms with Gasteiger partial charge in [-0.05, 0) is 36.2 Å². The summed E-state index contributed by atoms with van der Waals surface area (Å²) in [4.78, 5) is 26.2. The number of hydrazine groups is 1. The van der Waals surface area contributed by atoms with Gasteiger partial charge in [0, 0.05) is 42.1 Å². The molecule has 2 aromatic carbocycles. The van der Waals surface area contributed by atoms with Crippen LogP contribution in [-0.4, -0.2) is 50.7 Å². The fourth-order valence-corrected chi connectivity index (χ4v) is 4.93. The van der Waals surface area contributed by atoms with Gasteiger partial charge in [-0.15, -0.1) is 0 Å². The zero-order valence-electron chi connectivity index (χ0n) is 17.0. The lowest BCUT2D eigenvalue weighted by atomic mass is 10.1. The van der Waals surface area contributed by atoms with E-state index in [2.05, 4.69) is 10.4 Å². The third kappa shape index (κ3) is 4.49. The summed E-state index contributed by atoms with van der Waals surface area (Å²) in [5, 5.41) is 8.16. The Morgan fingerprint density at radius 1 is 1.32 bits per heavy atom. The lowest BCUT2D eigenvalue weighted by Crippen LogP contribution is -2.44. The number of nitrogens with one attached hydrogen (secondary N) is 2. The molecule has 4 rings (SSSR count). The van der Waals surface area contributed by atoms with Gasteiger partial charge in [-0.2, -0.15) is 16.9 Å². The van der Waals surface area contributed by atoms with E-state index < -0.39 is 11.7 Å². The lowest BCUT2D eigenvalue weighted by molar-refractivity contribution is 0.0953. The second-order valence-corrected chi connectivity index (χ2v) is 8.77. The summed E-state index contributed by atoms with van der Waals surface area (Å²) in [5.41, 5.74) is 4.32. The van der Waals surface area contributed by atoms with Crippen LogP contribution in [0.1, 0.15) is 15.9 Å². The van der Waals surface area contributed by atoms with E-state index in [0.29, 0.717) is 30.8 Å². The zero-order valence-corrected chi connectivity index (χ0v) is 17.8. The molecule has 31 heavy (non-hydrogen) atoms. The lowest BCUT2D eigenvalue weighted by Gasteiger charge is -2.32. The van der Waals surface area contributed by atoms with E-state index in [4.69, 9.17) is 5.84 Å². The van der Waals surface area contributed by atoms with Crippen molar-refractivity contribution in [1.29, 1.82) is 0 Å². The maximum Gasteiger partial charge on any atom is 0.321 e. The van der Waals surface area contributed by atoms with Gasteiger partial charge in [0.2, 0.25) is 0 Å². The average molecular weight is 443 g/mol. The van der Waals surface area contributed by atoms with E-state index in [-0.39, 0.29) is 16.8 Å². The van der Waals surface area contributed by atoms with E-state index in [0.717, 1.165) is 16.7 Å². The maximum atomic E-state index is 14.5. The minimum Gasteiger partial charge on any atom is -0.323 e. The molecule has 3 amide bonds. The van der Waals surface area contributed by atoms with Crippen molar-refractivity contribution in [3.05, 3.63) is 59.5 Å². The first-order valence-corrected chi connectivity index (χ1v) is 10.9. The Kier molecular flexibility index (Phi) is 6.10. The summed E-state index contributed by atoms with van der Waals surface area (Å²) >= 11 is 1.71. The van der Waals surface area contributed by atoms with Crippen LogP contribution in [0.15, 0.2) is 42.6 Å². The molecule has 0 bridgehead atoms. The van der Waals surface area contributed by atoms with Crippen molar-refractivity contribution in [3.63, 3.8) is 0 Å². The van der Waals surface area contributed by atoms with Crippen molar-refractivity contribution < 1.29 is 14.0 Å². The first kappa shape index (κ1) is 21.1. The zero-order chi connectivity index (χ0) is 22.0. The van der Waals surface area contributed by atoms with Crippen LogP contribution in [0.2, 0.25) is 0 Å². The number of fused-ring (bicyclic) bond motifs is 1. The highest BCUT2D eigenvalue weighted by Gasteiger charge is 2.26. The monoisotopic (exact) mass is 442 g/mol. The molecular formula is C21H23FN6O2S. The molecule has 3 aromatic rings. The molecule has 10 heteroatoms. The molecule has 4 N–H and O–H groups in total. The maximum absolute atomic E-state index is 14.5. The number of urea groups is 1. The molecule has 2 heterocycles. The molecule has 0 spiro atoms. The van der Waals surface area contributed by atoms with Gasteiger partial charge in [0.1, 0.15) is 5.82 Å². The number of halogens is 1. The normalized spacial score (nSPS) is 16.4. The number of aryl methyl sites for hydroxylation is 1. The summed E-state index contributed by atoms with van der Waals surface area (Å²) in [7, 11) is 1.86. The number of carbonyl (C=O) groups excluding carboxylic acids is 2. The summed E-state index contributed by atoms with van der Waals surface area (Å²) in [6.45, 7) is 1.12. The van der Waals surface area contributed by atoms with Crippen LogP contribution >= 0.6 is 11.8 Å². The second-order valence-electron chi connectivity index (χ2n) is 7.36. The first-order valence-electron chi connectivity index (χ1n) is 9.84. The summed E-state index contributed by atoms with van der Waals surface area (Å²) < 4.78 is 16.2. The van der Waals surface area contributed by atoms with Crippen LogP contribution in [0.25, 0.3) is 10.9 Å². The molecule has 1 atom stereocenters. The Bertz CT molecular complexity index is 1130. The topological polar surface area (TPSA) is 105 Å². The molecule has 0 aliphatic carbocycles. The van der Waals surface area contributed by atoms with Gasteiger partial charge >= 0.3 is 6.03 Å². The predicted molar refractivity (Wildman–Crippen MR) is 119 cm³/mol. The average Bonchev–Trinajstić information content (AvgIpc) is 3.16. The minimum absolute atomic E-state index is 0.0531. The first-order chi connectivity index (χ1) is 15.0. The highest BCUT2D eigenvalue weighted by atomic mass is 32.2. The van der Waals surface area contributed by atoms with Crippen molar-refractivity contribution in [1.82, 2.24) is 20.1 Å². The summed E-state index contributed by atoms with van der Waals surface area (Å²) in [6.07, 6.45) is 2.19. The van der Waals surface area contributed by atoms with Crippen LogP contribution in [0.4, 0.5) is 14.9 Å². The number of aromatic nitrogens is 2. The van der Waals surface area contributed by atoms with Crippen molar-refractivity contribution in [3.8, 4) is 0 Å². The van der Waals surface area contributed by atoms with Gasteiger partial charge in [0.15, 0.2) is 0 Å². The van der Waals surface area contributed by atoms with Gasteiger partial charge in [-0.3, -0.25) is 14.9 Å². The number of amides is 3. The highest BCUT2D eigenvalue weighted by Crippen LogP contribution is 2.26. The summed E-state index contributed by atoms with van der Waals surface area (Å²) in [5.74, 6) is 4.88. The third-order valence-corrected chi connectivity index (χ3v) is 6.56. The molecule has 1 unspecified atom stereocenters. The van der Waals surface area contributed by atoms with Gasteiger partial charge in [0.25, 0.3) is 5.91 Å². The van der Waals surface area contributed by atoms with Gasteiger partial charge in [-0.1, -0.05) is 12.1 Å². The van der Waals surface area contributed by atoms with Crippen LogP contribution in [-0.2, 0) is 13.5 Å². The molecule has 0 radical (unpaired) electrons. The Morgan fingerprint density at radius 3 is 2.94 bits per heavy atom. The van der Waals surface area contributed by atoms with E-state index >= 15 is 0 Å². The predicted octanol–water partition coefficient (Wildman–Crippen LogP) is 2.51. The Morgan fingerprint density at radius 2 is 2.16 bits per heavy atom. The van der Waals surface area contributed by atoms with Crippen LogP contribution in [0.3, 0.4) is 0 Å². The van der Waals surface area contributed by atoms with E-state index in [1.54, 1.807) is 39.7 Å². The molecule has 0 saturated carbocycles. The second kappa shape index (κ2) is 8.94. The van der Waals surface area contributed by atoms with E-state index in [1.165, 1.54) is 6.07 Å². The number of thioether (sulfide) groups is 1. The number of hydrogen-bond donors (Lipinski definition) is 3. The van der Waals surface area contributed by atoms with E-state index in [9.17, 15) is 14.0 Å². The number of hydrogen-bond acceptors (Lipinski definition) is 5. The molecule has 1 fully saturated rings. The Hall–Kier alpha value is -3.11. The fraction of sp³-hybridized carbons (Fsp3) is 0.286. The van der Waals surface area contributed by atoms with Gasteiger partial charge in [-0.25, -0.2) is 15.0 Å². The van der Waals surface area contributed by atoms with Gasteiger partial charge in [0.05, 0.1) is 17.4 Å². The Labute approximate surface area is 182 Å². The van der Waals surface area contributed by atoms with Crippen LogP contribution in [0.5, 0.6) is 0 Å². The molecule has 8 nitrogen and oxygen atoms in total. The smallest absolute Gasteiger partial charge is 0.321 e. The molecule has 162 valence electrons. The Balaban J connectivity index is 1.42. The number of anilines is 1. The number of benzene rings is 2. The third-order valence-electron chi connectivity index (χ3n) is 5.35. The standard InChI is InChI=1S/C21H23FN6O2S/c1-27-19-4-2-3-18(16(19)11-24-27)25-21(30)28-7-8-31-15(12-28)9-13-5-6-14(10-17(13)22)20(29)26-23/h2-6,10-11,15H,7-9,12,23H2,1H3,(H,25,30)(H,26,29). The number of nitrogens with zero attached hydrogens (tertiary/aromatic N) is 3. The van der Waals surface area contributed by atoms with Crippen molar-refractivity contribution >= 4 is 40.3 Å². The van der Waals surface area contributed by atoms with Crippen molar-refractivity contribution in [2.45, 2.75) is 11.7 Å². The highest BCUT2D eigenvalue weighted by molar-refractivity contribution is 8.00. The largest absolute Gasteiger partial charge is 0.323 e. The number of nitrogen functional groups attached to an aromatic ring is 1. The molecular weight excluding hydrogens is 419 g/mol.